The van der Waals surface area contributed by atoms with E-state index in [9.17, 15) is 0 Å². The van der Waals surface area contributed by atoms with Crippen molar-refractivity contribution in [1.82, 2.24) is 15.0 Å². The quantitative estimate of drug-likeness (QED) is 0.154. The van der Waals surface area contributed by atoms with Gasteiger partial charge in [-0.2, -0.15) is 0 Å². The average molecular weight is 604 g/mol. The van der Waals surface area contributed by atoms with Gasteiger partial charge in [-0.05, 0) is 46.4 Å². The number of pyridine rings is 3. The summed E-state index contributed by atoms with van der Waals surface area (Å²) in [5.41, 5.74) is 5.63. The van der Waals surface area contributed by atoms with E-state index in [0.29, 0.717) is 0 Å². The number of aromatic nitrogens is 3. The Balaban J connectivity index is 0.000000152. The molecule has 5 heteroatoms. The van der Waals surface area contributed by atoms with Crippen molar-refractivity contribution in [3.05, 3.63) is 103 Å². The molecule has 0 N–H and O–H groups in total. The second-order valence-corrected chi connectivity index (χ2v) is 7.55. The third-order valence-electron chi connectivity index (χ3n) is 5.62. The van der Waals surface area contributed by atoms with E-state index in [4.69, 9.17) is 4.42 Å². The summed E-state index contributed by atoms with van der Waals surface area (Å²) >= 11 is 0. The fraction of sp³-hybridized carbons (Fsp3) is 0.0357. The Kier molecular flexibility index (Phi) is 5.59. The Morgan fingerprint density at radius 2 is 1.64 bits per heavy atom. The zero-order valence-electron chi connectivity index (χ0n) is 17.7. The van der Waals surface area contributed by atoms with Crippen molar-refractivity contribution < 1.29 is 24.5 Å². The maximum Gasteiger partial charge on any atom is 0.145 e. The maximum absolute atomic E-state index is 6.01. The monoisotopic (exact) mass is 604 g/mol. The fourth-order valence-corrected chi connectivity index (χ4v) is 4.17. The van der Waals surface area contributed by atoms with Crippen molar-refractivity contribution in [2.75, 3.05) is 0 Å². The molecule has 0 amide bonds. The Morgan fingerprint density at radius 1 is 0.758 bits per heavy atom. The van der Waals surface area contributed by atoms with Crippen LogP contribution < -0.4 is 0 Å². The molecule has 0 atom stereocenters. The summed E-state index contributed by atoms with van der Waals surface area (Å²) in [6.07, 6.45) is 5.52. The van der Waals surface area contributed by atoms with E-state index >= 15 is 0 Å². The van der Waals surface area contributed by atoms with Crippen LogP contribution in [0.15, 0.2) is 89.7 Å². The minimum absolute atomic E-state index is 0. The molecule has 0 unspecified atom stereocenters. The van der Waals surface area contributed by atoms with Gasteiger partial charge in [-0.25, -0.2) is 0 Å². The van der Waals surface area contributed by atoms with Crippen LogP contribution in [0.2, 0.25) is 0 Å². The summed E-state index contributed by atoms with van der Waals surface area (Å²) in [7, 11) is 0. The Bertz CT molecular complexity index is 1640. The van der Waals surface area contributed by atoms with Crippen LogP contribution in [0.1, 0.15) is 5.69 Å². The van der Waals surface area contributed by atoms with E-state index in [2.05, 4.69) is 33.2 Å². The van der Waals surface area contributed by atoms with Gasteiger partial charge in [-0.15, -0.1) is 53.4 Å². The first-order valence-electron chi connectivity index (χ1n) is 10.4. The number of fused-ring (bicyclic) bond motifs is 3. The largest absolute Gasteiger partial charge is 0.474 e. The zero-order chi connectivity index (χ0) is 21.5. The first-order chi connectivity index (χ1) is 15.8. The number of benzene rings is 3. The minimum atomic E-state index is 0. The Labute approximate surface area is 204 Å². The molecule has 3 aromatic carbocycles. The number of hydrogen-bond donors (Lipinski definition) is 0. The van der Waals surface area contributed by atoms with Gasteiger partial charge in [0.15, 0.2) is 0 Å². The van der Waals surface area contributed by atoms with E-state index in [1.807, 2.05) is 80.0 Å². The van der Waals surface area contributed by atoms with E-state index in [-0.39, 0.29) is 20.1 Å². The summed E-state index contributed by atoms with van der Waals surface area (Å²) in [6, 6.07) is 28.0. The predicted octanol–water partition coefficient (Wildman–Crippen LogP) is 6.78. The molecule has 0 aliphatic heterocycles. The smallest absolute Gasteiger partial charge is 0.145 e. The minimum Gasteiger partial charge on any atom is -0.474 e. The molecule has 0 bridgehead atoms. The molecular formula is C28H17IrN3O-2. The summed E-state index contributed by atoms with van der Waals surface area (Å²) in [4.78, 5) is 13.2. The summed E-state index contributed by atoms with van der Waals surface area (Å²) in [5.74, 6) is 0. The van der Waals surface area contributed by atoms with Crippen LogP contribution >= 0.6 is 0 Å². The van der Waals surface area contributed by atoms with E-state index < -0.39 is 0 Å². The Morgan fingerprint density at radius 3 is 2.45 bits per heavy atom. The molecule has 33 heavy (non-hydrogen) atoms. The van der Waals surface area contributed by atoms with Crippen LogP contribution in [0.25, 0.3) is 54.9 Å². The van der Waals surface area contributed by atoms with Crippen LogP contribution in [-0.2, 0) is 20.1 Å². The van der Waals surface area contributed by atoms with E-state index in [1.54, 1.807) is 6.20 Å². The van der Waals surface area contributed by atoms with Crippen molar-refractivity contribution in [3.8, 4) is 11.3 Å². The van der Waals surface area contributed by atoms with Gasteiger partial charge < -0.3 is 14.4 Å². The molecule has 7 aromatic rings. The van der Waals surface area contributed by atoms with Gasteiger partial charge in [-0.3, -0.25) is 4.98 Å². The second kappa shape index (κ2) is 8.70. The van der Waals surface area contributed by atoms with Crippen LogP contribution in [0.4, 0.5) is 0 Å². The molecular weight excluding hydrogens is 587 g/mol. The number of aryl methyl sites for hydroxylation is 1. The van der Waals surface area contributed by atoms with Gasteiger partial charge in [0.05, 0.1) is 11.3 Å². The van der Waals surface area contributed by atoms with Crippen molar-refractivity contribution in [2.45, 2.75) is 6.92 Å². The molecule has 0 fully saturated rings. The predicted molar refractivity (Wildman–Crippen MR) is 128 cm³/mol. The summed E-state index contributed by atoms with van der Waals surface area (Å²) < 4.78 is 6.01. The maximum atomic E-state index is 6.01. The summed E-state index contributed by atoms with van der Waals surface area (Å²) in [5, 5.41) is 5.46. The van der Waals surface area contributed by atoms with Gasteiger partial charge in [-0.1, -0.05) is 29.7 Å². The molecule has 0 aliphatic carbocycles. The average Bonchev–Trinajstić information content (AvgIpc) is 3.27. The third kappa shape index (κ3) is 3.56. The number of hydrogen-bond acceptors (Lipinski definition) is 4. The second-order valence-electron chi connectivity index (χ2n) is 7.55. The van der Waals surface area contributed by atoms with Crippen LogP contribution in [0.5, 0.6) is 0 Å². The van der Waals surface area contributed by atoms with Crippen molar-refractivity contribution in [3.63, 3.8) is 0 Å². The van der Waals surface area contributed by atoms with Gasteiger partial charge in [0, 0.05) is 38.7 Å². The number of rotatable bonds is 1. The molecule has 0 spiro atoms. The van der Waals surface area contributed by atoms with Gasteiger partial charge >= 0.3 is 0 Å². The van der Waals surface area contributed by atoms with Gasteiger partial charge in [0.25, 0.3) is 0 Å². The molecule has 1 radical (unpaired) electrons. The molecule has 0 saturated carbocycles. The van der Waals surface area contributed by atoms with Gasteiger partial charge in [0.1, 0.15) is 5.58 Å². The normalized spacial score (nSPS) is 10.9. The number of nitrogens with zero attached hydrogens (tertiary/aromatic N) is 3. The Hall–Kier alpha value is -3.66. The first-order valence-corrected chi connectivity index (χ1v) is 10.4. The van der Waals surface area contributed by atoms with Crippen LogP contribution in [0, 0.1) is 19.1 Å². The van der Waals surface area contributed by atoms with Crippen molar-refractivity contribution in [1.29, 1.82) is 0 Å². The molecule has 0 aliphatic rings. The van der Waals surface area contributed by atoms with Gasteiger partial charge in [0.2, 0.25) is 0 Å². The zero-order valence-corrected chi connectivity index (χ0v) is 20.1. The standard InChI is InChI=1S/C17H9N2O.C11H8N.Ir/c1-9-17-15-12(8-19-9)10-5-3-7-18-16(10)11-4-2-6-13(20-17)14(11)15;1-2-6-10(7-3-1)11-8-4-5-9-12-11;/h2-3,5-8H,1H3;1-6,8-9H;/q2*-1;. The number of furan rings is 1. The molecule has 7 rings (SSSR count). The molecule has 161 valence electrons. The molecule has 4 nitrogen and oxygen atoms in total. The van der Waals surface area contributed by atoms with Crippen LogP contribution in [0.3, 0.4) is 0 Å². The molecule has 0 saturated heterocycles. The van der Waals surface area contributed by atoms with Crippen molar-refractivity contribution in [2.24, 2.45) is 0 Å². The van der Waals surface area contributed by atoms with E-state index in [0.717, 1.165) is 60.6 Å². The third-order valence-corrected chi connectivity index (χ3v) is 5.62. The van der Waals surface area contributed by atoms with E-state index in [1.165, 1.54) is 0 Å². The topological polar surface area (TPSA) is 51.8 Å². The van der Waals surface area contributed by atoms with Crippen LogP contribution in [-0.4, -0.2) is 15.0 Å². The molecule has 4 heterocycles. The fourth-order valence-electron chi connectivity index (χ4n) is 4.17. The molecule has 4 aromatic heterocycles. The summed E-state index contributed by atoms with van der Waals surface area (Å²) in [6.45, 7) is 1.98. The van der Waals surface area contributed by atoms with Crippen molar-refractivity contribution >= 4 is 43.6 Å². The SMILES string of the molecule is Cc1ncc2c3cccnc3c3[c-]ccc4oc1c2c43.[Ir].[c-]1ccccc1-c1ccccn1. The first kappa shape index (κ1) is 21.2.